The van der Waals surface area contributed by atoms with E-state index in [1.54, 1.807) is 28.0 Å². The number of nitrogens with zero attached hydrogens (tertiary/aromatic N) is 1. The molecule has 0 spiro atoms. The molecule has 1 N–H and O–H groups in total. The minimum atomic E-state index is -0.815. The lowest BCUT2D eigenvalue weighted by molar-refractivity contribution is -0.143. The van der Waals surface area contributed by atoms with Crippen molar-refractivity contribution < 1.29 is 14.7 Å². The van der Waals surface area contributed by atoms with Crippen molar-refractivity contribution in [3.05, 3.63) is 52.2 Å². The summed E-state index contributed by atoms with van der Waals surface area (Å²) in [4.78, 5) is 28.3. The third kappa shape index (κ3) is 4.44. The maximum atomic E-state index is 13.0. The number of carbonyl (C=O) groups is 2. The summed E-state index contributed by atoms with van der Waals surface area (Å²) in [5, 5.41) is 11.4. The second kappa shape index (κ2) is 8.06. The SMILES string of the molecule is CC1CC(C(=O)O)CN(C(=O)c2ccccc2SCc2cccs2)C1. The van der Waals surface area contributed by atoms with Crippen LogP contribution >= 0.6 is 23.1 Å². The van der Waals surface area contributed by atoms with Crippen LogP contribution in [0.5, 0.6) is 0 Å². The highest BCUT2D eigenvalue weighted by molar-refractivity contribution is 7.98. The summed E-state index contributed by atoms with van der Waals surface area (Å²) in [5.41, 5.74) is 0.669. The second-order valence-corrected chi connectivity index (χ2v) is 8.50. The Morgan fingerprint density at radius 1 is 1.24 bits per heavy atom. The average molecular weight is 376 g/mol. The Kier molecular flexibility index (Phi) is 5.81. The Morgan fingerprint density at radius 2 is 2.04 bits per heavy atom. The molecule has 4 nitrogen and oxygen atoms in total. The molecule has 3 rings (SSSR count). The van der Waals surface area contributed by atoms with Gasteiger partial charge < -0.3 is 10.0 Å². The van der Waals surface area contributed by atoms with Gasteiger partial charge in [-0.05, 0) is 35.9 Å². The number of benzene rings is 1. The number of rotatable bonds is 5. The van der Waals surface area contributed by atoms with Gasteiger partial charge in [-0.15, -0.1) is 23.1 Å². The van der Waals surface area contributed by atoms with Crippen LogP contribution in [0.3, 0.4) is 0 Å². The van der Waals surface area contributed by atoms with Crippen LogP contribution in [-0.2, 0) is 10.5 Å². The zero-order chi connectivity index (χ0) is 17.8. The fraction of sp³-hybridized carbons (Fsp3) is 0.368. The quantitative estimate of drug-likeness (QED) is 0.795. The first-order valence-electron chi connectivity index (χ1n) is 8.31. The van der Waals surface area contributed by atoms with Crippen molar-refractivity contribution in [2.75, 3.05) is 13.1 Å². The zero-order valence-electron chi connectivity index (χ0n) is 14.1. The van der Waals surface area contributed by atoms with Crippen LogP contribution in [0.1, 0.15) is 28.6 Å². The molecule has 1 amide bonds. The number of thioether (sulfide) groups is 1. The fourth-order valence-corrected chi connectivity index (χ4v) is 5.00. The smallest absolute Gasteiger partial charge is 0.308 e. The van der Waals surface area contributed by atoms with Crippen LogP contribution in [-0.4, -0.2) is 35.0 Å². The van der Waals surface area contributed by atoms with Gasteiger partial charge in [0.05, 0.1) is 11.5 Å². The Balaban J connectivity index is 1.76. The predicted molar refractivity (Wildman–Crippen MR) is 101 cm³/mol. The molecule has 1 fully saturated rings. The Labute approximate surface area is 155 Å². The maximum Gasteiger partial charge on any atom is 0.308 e. The lowest BCUT2D eigenvalue weighted by Crippen LogP contribution is -2.45. The molecule has 6 heteroatoms. The Bertz CT molecular complexity index is 745. The van der Waals surface area contributed by atoms with Crippen LogP contribution in [0.15, 0.2) is 46.7 Å². The Morgan fingerprint density at radius 3 is 2.76 bits per heavy atom. The number of amides is 1. The van der Waals surface area contributed by atoms with Crippen molar-refractivity contribution in [2.45, 2.75) is 24.0 Å². The van der Waals surface area contributed by atoms with E-state index < -0.39 is 11.9 Å². The number of carboxylic acid groups (broad SMARTS) is 1. The number of thiophene rings is 1. The summed E-state index contributed by atoms with van der Waals surface area (Å²) in [6, 6.07) is 11.7. The van der Waals surface area contributed by atoms with Gasteiger partial charge in [0.2, 0.25) is 0 Å². The van der Waals surface area contributed by atoms with Crippen molar-refractivity contribution in [2.24, 2.45) is 11.8 Å². The number of aliphatic carboxylic acids is 1. The zero-order valence-corrected chi connectivity index (χ0v) is 15.7. The summed E-state index contributed by atoms with van der Waals surface area (Å²) in [6.45, 7) is 2.92. The monoisotopic (exact) mass is 375 g/mol. The third-order valence-corrected chi connectivity index (χ3v) is 6.55. The first-order valence-corrected chi connectivity index (χ1v) is 10.2. The van der Waals surface area contributed by atoms with E-state index in [0.717, 1.165) is 10.6 Å². The van der Waals surface area contributed by atoms with Gasteiger partial charge in [0.1, 0.15) is 0 Å². The fourth-order valence-electron chi connectivity index (χ4n) is 3.18. The molecule has 0 bridgehead atoms. The molecule has 2 aromatic rings. The van der Waals surface area contributed by atoms with E-state index in [4.69, 9.17) is 0 Å². The molecule has 2 atom stereocenters. The molecule has 2 heterocycles. The first kappa shape index (κ1) is 18.0. The molecule has 1 aromatic carbocycles. The van der Waals surface area contributed by atoms with E-state index >= 15 is 0 Å². The van der Waals surface area contributed by atoms with E-state index in [1.165, 1.54) is 4.88 Å². The second-order valence-electron chi connectivity index (χ2n) is 6.45. The van der Waals surface area contributed by atoms with Gasteiger partial charge in [-0.2, -0.15) is 0 Å². The average Bonchev–Trinajstić information content (AvgIpc) is 3.12. The predicted octanol–water partition coefficient (Wildman–Crippen LogP) is 4.22. The molecular formula is C19H21NO3S2. The lowest BCUT2D eigenvalue weighted by Gasteiger charge is -2.35. The third-order valence-electron chi connectivity index (χ3n) is 4.36. The molecule has 0 radical (unpaired) electrons. The molecule has 0 aliphatic carbocycles. The van der Waals surface area contributed by atoms with Gasteiger partial charge >= 0.3 is 5.97 Å². The van der Waals surface area contributed by atoms with Crippen molar-refractivity contribution in [1.29, 1.82) is 0 Å². The van der Waals surface area contributed by atoms with Gasteiger partial charge in [-0.1, -0.05) is 25.1 Å². The molecule has 132 valence electrons. The van der Waals surface area contributed by atoms with Crippen LogP contribution in [0.25, 0.3) is 0 Å². The van der Waals surface area contributed by atoms with Gasteiger partial charge in [0.15, 0.2) is 0 Å². The highest BCUT2D eigenvalue weighted by Crippen LogP contribution is 2.30. The molecular weight excluding hydrogens is 354 g/mol. The summed E-state index contributed by atoms with van der Waals surface area (Å²) < 4.78 is 0. The molecule has 0 saturated carbocycles. The van der Waals surface area contributed by atoms with E-state index in [9.17, 15) is 14.7 Å². The van der Waals surface area contributed by atoms with Crippen LogP contribution in [0.2, 0.25) is 0 Å². The van der Waals surface area contributed by atoms with E-state index in [-0.39, 0.29) is 11.8 Å². The van der Waals surface area contributed by atoms with Gasteiger partial charge in [-0.3, -0.25) is 9.59 Å². The van der Waals surface area contributed by atoms with E-state index in [2.05, 4.69) is 6.07 Å². The van der Waals surface area contributed by atoms with Crippen molar-refractivity contribution >= 4 is 35.0 Å². The Hall–Kier alpha value is -1.79. The standard InChI is InChI=1S/C19H21NO3S2/c1-13-9-14(19(22)23)11-20(10-13)18(21)16-6-2-3-7-17(16)25-12-15-5-4-8-24-15/h2-8,13-14H,9-12H2,1H3,(H,22,23). The minimum absolute atomic E-state index is 0.0629. The van der Waals surface area contributed by atoms with Gasteiger partial charge in [0.25, 0.3) is 5.91 Å². The molecule has 2 unspecified atom stereocenters. The maximum absolute atomic E-state index is 13.0. The number of piperidine rings is 1. The number of carbonyl (C=O) groups excluding carboxylic acids is 1. The number of carboxylic acids is 1. The molecule has 1 aliphatic rings. The van der Waals surface area contributed by atoms with Crippen LogP contribution in [0.4, 0.5) is 0 Å². The van der Waals surface area contributed by atoms with E-state index in [0.29, 0.717) is 25.1 Å². The van der Waals surface area contributed by atoms with Crippen molar-refractivity contribution in [1.82, 2.24) is 4.90 Å². The molecule has 25 heavy (non-hydrogen) atoms. The number of hydrogen-bond acceptors (Lipinski definition) is 4. The normalized spacial score (nSPS) is 20.4. The molecule has 1 saturated heterocycles. The molecule has 1 aliphatic heterocycles. The summed E-state index contributed by atoms with van der Waals surface area (Å²) in [6.07, 6.45) is 0.633. The number of hydrogen-bond donors (Lipinski definition) is 1. The highest BCUT2D eigenvalue weighted by atomic mass is 32.2. The van der Waals surface area contributed by atoms with Crippen LogP contribution < -0.4 is 0 Å². The van der Waals surface area contributed by atoms with Gasteiger partial charge in [-0.25, -0.2) is 0 Å². The summed E-state index contributed by atoms with van der Waals surface area (Å²) in [7, 11) is 0. The summed E-state index contributed by atoms with van der Waals surface area (Å²) in [5.74, 6) is -0.323. The lowest BCUT2D eigenvalue weighted by atomic mass is 9.90. The van der Waals surface area contributed by atoms with Crippen LogP contribution in [0, 0.1) is 11.8 Å². The summed E-state index contributed by atoms with van der Waals surface area (Å²) >= 11 is 3.36. The van der Waals surface area contributed by atoms with Gasteiger partial charge in [0, 0.05) is 28.6 Å². The topological polar surface area (TPSA) is 57.6 Å². The van der Waals surface area contributed by atoms with E-state index in [1.807, 2.05) is 42.6 Å². The highest BCUT2D eigenvalue weighted by Gasteiger charge is 2.32. The van der Waals surface area contributed by atoms with Crippen molar-refractivity contribution in [3.63, 3.8) is 0 Å². The largest absolute Gasteiger partial charge is 0.481 e. The minimum Gasteiger partial charge on any atom is -0.481 e. The first-order chi connectivity index (χ1) is 12.0. The van der Waals surface area contributed by atoms with Crippen molar-refractivity contribution in [3.8, 4) is 0 Å². The number of likely N-dealkylation sites (tertiary alicyclic amines) is 1. The molecule has 1 aromatic heterocycles.